The Morgan fingerprint density at radius 2 is 1.86 bits per heavy atom. The van der Waals surface area contributed by atoms with Crippen molar-refractivity contribution in [3.05, 3.63) is 35.9 Å². The van der Waals surface area contributed by atoms with Crippen LogP contribution in [-0.4, -0.2) is 62.0 Å². The number of amides is 1. The third-order valence-electron chi connectivity index (χ3n) is 6.17. The van der Waals surface area contributed by atoms with Gasteiger partial charge in [-0.25, -0.2) is 12.7 Å². The number of hydrogen-bond acceptors (Lipinski definition) is 5. The summed E-state index contributed by atoms with van der Waals surface area (Å²) in [5, 5.41) is 0. The molecule has 0 bridgehead atoms. The Kier molecular flexibility index (Phi) is 7.67. The van der Waals surface area contributed by atoms with Crippen LogP contribution in [0.1, 0.15) is 50.6 Å². The highest BCUT2D eigenvalue weighted by Gasteiger charge is 2.31. The topological polar surface area (TPSA) is 81.8 Å². The lowest BCUT2D eigenvalue weighted by Gasteiger charge is -2.32. The molecule has 2 N–H and O–H groups in total. The van der Waals surface area contributed by atoms with Crippen molar-refractivity contribution in [1.82, 2.24) is 20.1 Å². The predicted molar refractivity (Wildman–Crippen MR) is 114 cm³/mol. The minimum atomic E-state index is -3.14. The van der Waals surface area contributed by atoms with Gasteiger partial charge in [0.15, 0.2) is 0 Å². The van der Waals surface area contributed by atoms with Gasteiger partial charge in [-0.2, -0.15) is 0 Å². The zero-order valence-electron chi connectivity index (χ0n) is 17.5. The van der Waals surface area contributed by atoms with Gasteiger partial charge in [0.1, 0.15) is 0 Å². The molecule has 1 amide bonds. The fourth-order valence-corrected chi connectivity index (χ4v) is 5.41. The van der Waals surface area contributed by atoms with Crippen molar-refractivity contribution >= 4 is 15.9 Å². The van der Waals surface area contributed by atoms with Crippen molar-refractivity contribution in [2.75, 3.05) is 32.4 Å². The molecular formula is C21H34N4O3S. The third-order valence-corrected chi connectivity index (χ3v) is 8.05. The van der Waals surface area contributed by atoms with E-state index in [0.717, 1.165) is 25.8 Å². The Hall–Kier alpha value is -1.48. The molecule has 1 aromatic carbocycles. The van der Waals surface area contributed by atoms with E-state index in [2.05, 4.69) is 35.1 Å². The van der Waals surface area contributed by atoms with Gasteiger partial charge >= 0.3 is 0 Å². The van der Waals surface area contributed by atoms with Crippen LogP contribution in [0, 0.1) is 5.92 Å². The first kappa shape index (κ1) is 22.2. The van der Waals surface area contributed by atoms with E-state index in [9.17, 15) is 13.2 Å². The van der Waals surface area contributed by atoms with Crippen LogP contribution in [0.25, 0.3) is 0 Å². The van der Waals surface area contributed by atoms with E-state index in [-0.39, 0.29) is 17.6 Å². The van der Waals surface area contributed by atoms with Gasteiger partial charge in [0.2, 0.25) is 15.9 Å². The summed E-state index contributed by atoms with van der Waals surface area (Å²) in [4.78, 5) is 14.5. The summed E-state index contributed by atoms with van der Waals surface area (Å²) >= 11 is 0. The number of carbonyl (C=O) groups is 1. The van der Waals surface area contributed by atoms with Gasteiger partial charge in [-0.1, -0.05) is 30.3 Å². The zero-order valence-corrected chi connectivity index (χ0v) is 18.3. The van der Waals surface area contributed by atoms with E-state index in [0.29, 0.717) is 38.0 Å². The molecule has 162 valence electrons. The number of carbonyl (C=O) groups excluding carboxylic acids is 1. The maximum atomic E-state index is 12.7. The lowest BCUT2D eigenvalue weighted by Crippen LogP contribution is -2.44. The molecule has 2 fully saturated rings. The van der Waals surface area contributed by atoms with Gasteiger partial charge in [-0.3, -0.25) is 15.6 Å². The number of nitrogens with one attached hydrogen (secondary N) is 2. The summed E-state index contributed by atoms with van der Waals surface area (Å²) in [7, 11) is -1.28. The van der Waals surface area contributed by atoms with E-state index in [1.807, 2.05) is 18.0 Å². The lowest BCUT2D eigenvalue weighted by molar-refractivity contribution is -0.135. The van der Waals surface area contributed by atoms with Crippen molar-refractivity contribution in [2.24, 2.45) is 5.92 Å². The molecule has 2 aliphatic rings. The van der Waals surface area contributed by atoms with Crippen molar-refractivity contribution in [2.45, 2.75) is 51.1 Å². The summed E-state index contributed by atoms with van der Waals surface area (Å²) < 4.78 is 25.5. The Bertz CT molecular complexity index is 763. The summed E-state index contributed by atoms with van der Waals surface area (Å²) in [5.41, 5.74) is 8.05. The molecule has 2 heterocycles. The second-order valence-electron chi connectivity index (χ2n) is 8.16. The molecule has 7 nitrogen and oxygen atoms in total. The molecule has 2 aliphatic heterocycles. The Labute approximate surface area is 174 Å². The number of hydrogen-bond donors (Lipinski definition) is 2. The van der Waals surface area contributed by atoms with Crippen LogP contribution in [0.15, 0.2) is 30.3 Å². The molecule has 1 aromatic rings. The molecular weight excluding hydrogens is 388 g/mol. The van der Waals surface area contributed by atoms with E-state index in [1.54, 1.807) is 6.92 Å². The second kappa shape index (κ2) is 10.0. The molecule has 8 heteroatoms. The van der Waals surface area contributed by atoms with Gasteiger partial charge in [0.05, 0.1) is 5.75 Å². The first-order chi connectivity index (χ1) is 13.9. The summed E-state index contributed by atoms with van der Waals surface area (Å²) in [6.45, 7) is 3.32. The van der Waals surface area contributed by atoms with Crippen LogP contribution in [0.5, 0.6) is 0 Å². The highest BCUT2D eigenvalue weighted by Crippen LogP contribution is 2.24. The van der Waals surface area contributed by atoms with E-state index < -0.39 is 10.0 Å². The fraction of sp³-hybridized carbons (Fsp3) is 0.667. The van der Waals surface area contributed by atoms with Crippen LogP contribution < -0.4 is 10.9 Å². The molecule has 0 spiro atoms. The van der Waals surface area contributed by atoms with E-state index >= 15 is 0 Å². The van der Waals surface area contributed by atoms with Crippen LogP contribution in [0.2, 0.25) is 0 Å². The molecule has 29 heavy (non-hydrogen) atoms. The van der Waals surface area contributed by atoms with Crippen LogP contribution >= 0.6 is 0 Å². The number of nitrogens with zero attached hydrogens (tertiary/aromatic N) is 2. The van der Waals surface area contributed by atoms with Crippen molar-refractivity contribution in [3.63, 3.8) is 0 Å². The fourth-order valence-electron chi connectivity index (χ4n) is 4.28. The number of sulfonamides is 1. The predicted octanol–water partition coefficient (Wildman–Crippen LogP) is 1.89. The molecule has 2 atom stereocenters. The number of rotatable bonds is 8. The van der Waals surface area contributed by atoms with E-state index in [1.165, 1.54) is 9.87 Å². The minimum absolute atomic E-state index is 0.0583. The quantitative estimate of drug-likeness (QED) is 0.669. The SMILES string of the molecule is CCS(=O)(=O)N1CCC(C(=O)N(C)CCCC2CC(c3ccccc3)NN2)CC1. The summed E-state index contributed by atoms with van der Waals surface area (Å²) in [6, 6.07) is 11.2. The number of benzene rings is 1. The largest absolute Gasteiger partial charge is 0.346 e. The average molecular weight is 423 g/mol. The molecule has 0 saturated carbocycles. The maximum Gasteiger partial charge on any atom is 0.225 e. The number of hydrazine groups is 1. The van der Waals surface area contributed by atoms with Crippen LogP contribution in [0.3, 0.4) is 0 Å². The molecule has 0 aromatic heterocycles. The van der Waals surface area contributed by atoms with Crippen molar-refractivity contribution < 1.29 is 13.2 Å². The maximum absolute atomic E-state index is 12.7. The number of piperidine rings is 1. The van der Waals surface area contributed by atoms with Crippen molar-refractivity contribution in [1.29, 1.82) is 0 Å². The van der Waals surface area contributed by atoms with Crippen molar-refractivity contribution in [3.8, 4) is 0 Å². The first-order valence-corrected chi connectivity index (χ1v) is 12.3. The molecule has 3 rings (SSSR count). The molecule has 0 radical (unpaired) electrons. The third kappa shape index (κ3) is 5.78. The Balaban J connectivity index is 1.37. The van der Waals surface area contributed by atoms with Gasteiger partial charge in [-0.05, 0) is 44.6 Å². The molecule has 2 unspecified atom stereocenters. The van der Waals surface area contributed by atoms with Gasteiger partial charge < -0.3 is 4.90 Å². The van der Waals surface area contributed by atoms with E-state index in [4.69, 9.17) is 0 Å². The second-order valence-corrected chi connectivity index (χ2v) is 10.4. The monoisotopic (exact) mass is 422 g/mol. The molecule has 2 saturated heterocycles. The standard InChI is InChI=1S/C21H34N4O3S/c1-3-29(27,28)25-14-11-18(12-15-25)21(26)24(2)13-7-10-19-16-20(23-22-19)17-8-5-4-6-9-17/h4-6,8-9,18-20,22-23H,3,7,10-16H2,1-2H3. The smallest absolute Gasteiger partial charge is 0.225 e. The molecule has 0 aliphatic carbocycles. The summed E-state index contributed by atoms with van der Waals surface area (Å²) in [6.07, 6.45) is 4.25. The van der Waals surface area contributed by atoms with Crippen LogP contribution in [0.4, 0.5) is 0 Å². The first-order valence-electron chi connectivity index (χ1n) is 10.7. The average Bonchev–Trinajstić information content (AvgIpc) is 3.23. The van der Waals surface area contributed by atoms with Gasteiger partial charge in [-0.15, -0.1) is 0 Å². The lowest BCUT2D eigenvalue weighted by atomic mass is 9.96. The highest BCUT2D eigenvalue weighted by atomic mass is 32.2. The Morgan fingerprint density at radius 3 is 2.52 bits per heavy atom. The van der Waals surface area contributed by atoms with Crippen LogP contribution in [-0.2, 0) is 14.8 Å². The zero-order chi connectivity index (χ0) is 20.9. The highest BCUT2D eigenvalue weighted by molar-refractivity contribution is 7.89. The summed E-state index contributed by atoms with van der Waals surface area (Å²) in [5.74, 6) is 0.219. The Morgan fingerprint density at radius 1 is 1.17 bits per heavy atom. The normalized spacial score (nSPS) is 23.9. The minimum Gasteiger partial charge on any atom is -0.346 e. The van der Waals surface area contributed by atoms with Gasteiger partial charge in [0.25, 0.3) is 0 Å². The van der Waals surface area contributed by atoms with Gasteiger partial charge in [0, 0.05) is 44.7 Å².